The molecule has 0 aromatic carbocycles. The molecular formula is C14H17F4N3O2. The van der Waals surface area contributed by atoms with E-state index < -0.39 is 25.0 Å². The van der Waals surface area contributed by atoms with Gasteiger partial charge in [-0.05, 0) is 18.8 Å². The van der Waals surface area contributed by atoms with E-state index in [1.807, 2.05) is 0 Å². The van der Waals surface area contributed by atoms with Gasteiger partial charge in [-0.3, -0.25) is 10.00 Å². The number of halogens is 4. The molecule has 5 nitrogen and oxygen atoms in total. The number of carbonyl (C=O) groups is 1. The van der Waals surface area contributed by atoms with Crippen LogP contribution in [0.25, 0.3) is 0 Å². The second-order valence-corrected chi connectivity index (χ2v) is 6.12. The summed E-state index contributed by atoms with van der Waals surface area (Å²) < 4.78 is 56.2. The van der Waals surface area contributed by atoms with Crippen LogP contribution in [0.15, 0.2) is 0 Å². The van der Waals surface area contributed by atoms with Gasteiger partial charge in [-0.15, -0.1) is 0 Å². The van der Waals surface area contributed by atoms with E-state index in [1.165, 1.54) is 4.68 Å². The van der Waals surface area contributed by atoms with Crippen LogP contribution in [0.4, 0.5) is 28.2 Å². The van der Waals surface area contributed by atoms with Crippen molar-refractivity contribution in [2.24, 2.45) is 7.05 Å². The number of carbonyl (C=O) groups excluding carboxylic acids is 1. The summed E-state index contributed by atoms with van der Waals surface area (Å²) in [7, 11) is 1.58. The van der Waals surface area contributed by atoms with E-state index in [0.29, 0.717) is 11.5 Å². The van der Waals surface area contributed by atoms with Crippen molar-refractivity contribution in [3.05, 3.63) is 11.3 Å². The van der Waals surface area contributed by atoms with Gasteiger partial charge in [0.05, 0.1) is 5.69 Å². The highest BCUT2D eigenvalue weighted by Gasteiger charge is 2.49. The SMILES string of the molecule is Cn1nc(C2CC(F)(F)C2)c(C2CC2)c1NC(=O)OCC(F)F. The second-order valence-electron chi connectivity index (χ2n) is 6.12. The molecule has 2 saturated carbocycles. The Labute approximate surface area is 130 Å². The van der Waals surface area contributed by atoms with Gasteiger partial charge in [0.1, 0.15) is 5.82 Å². The number of aryl methyl sites for hydroxylation is 1. The van der Waals surface area contributed by atoms with E-state index in [4.69, 9.17) is 0 Å². The lowest BCUT2D eigenvalue weighted by Gasteiger charge is -2.34. The lowest BCUT2D eigenvalue weighted by Crippen LogP contribution is -2.34. The lowest BCUT2D eigenvalue weighted by atomic mass is 9.77. The minimum atomic E-state index is -2.75. The maximum atomic E-state index is 13.1. The van der Waals surface area contributed by atoms with Gasteiger partial charge in [-0.2, -0.15) is 5.10 Å². The number of hydrogen-bond donors (Lipinski definition) is 1. The fourth-order valence-electron chi connectivity index (χ4n) is 2.91. The molecule has 0 bridgehead atoms. The fourth-order valence-corrected chi connectivity index (χ4v) is 2.91. The monoisotopic (exact) mass is 335 g/mol. The molecule has 1 heterocycles. The highest BCUT2D eigenvalue weighted by atomic mass is 19.3. The Morgan fingerprint density at radius 1 is 1.39 bits per heavy atom. The first kappa shape index (κ1) is 16.1. The van der Waals surface area contributed by atoms with Gasteiger partial charge < -0.3 is 4.74 Å². The molecule has 23 heavy (non-hydrogen) atoms. The fraction of sp³-hybridized carbons (Fsp3) is 0.714. The molecule has 1 amide bonds. The van der Waals surface area contributed by atoms with Crippen molar-refractivity contribution in [3.63, 3.8) is 0 Å². The minimum absolute atomic E-state index is 0.165. The predicted molar refractivity (Wildman–Crippen MR) is 73.1 cm³/mol. The third-order valence-electron chi connectivity index (χ3n) is 4.14. The van der Waals surface area contributed by atoms with Crippen LogP contribution in [0.3, 0.4) is 0 Å². The molecule has 0 unspecified atom stereocenters. The Morgan fingerprint density at radius 2 is 2.04 bits per heavy atom. The summed E-state index contributed by atoms with van der Waals surface area (Å²) in [6, 6.07) is 0. The average Bonchev–Trinajstić information content (AvgIpc) is 3.20. The summed E-state index contributed by atoms with van der Waals surface area (Å²) in [5, 5.41) is 6.69. The van der Waals surface area contributed by atoms with E-state index in [0.717, 1.165) is 18.4 Å². The van der Waals surface area contributed by atoms with Gasteiger partial charge in [-0.1, -0.05) is 0 Å². The quantitative estimate of drug-likeness (QED) is 0.836. The number of alkyl halides is 4. The minimum Gasteiger partial charge on any atom is -0.443 e. The van der Waals surface area contributed by atoms with Crippen molar-refractivity contribution in [1.82, 2.24) is 9.78 Å². The predicted octanol–water partition coefficient (Wildman–Crippen LogP) is 3.62. The summed E-state index contributed by atoms with van der Waals surface area (Å²) in [6.07, 6.45) is -2.47. The maximum absolute atomic E-state index is 13.1. The van der Waals surface area contributed by atoms with Crippen LogP contribution in [-0.2, 0) is 11.8 Å². The summed E-state index contributed by atoms with van der Waals surface area (Å²) >= 11 is 0. The first-order valence-electron chi connectivity index (χ1n) is 7.43. The van der Waals surface area contributed by atoms with Crippen LogP contribution in [0.5, 0.6) is 0 Å². The molecule has 2 fully saturated rings. The second kappa shape index (κ2) is 5.68. The third-order valence-corrected chi connectivity index (χ3v) is 4.14. The van der Waals surface area contributed by atoms with Crippen LogP contribution in [0.1, 0.15) is 48.8 Å². The van der Waals surface area contributed by atoms with Crippen molar-refractivity contribution >= 4 is 11.9 Å². The number of ether oxygens (including phenoxy) is 1. The molecule has 0 spiro atoms. The Morgan fingerprint density at radius 3 is 2.57 bits per heavy atom. The molecule has 0 saturated heterocycles. The summed E-state index contributed by atoms with van der Waals surface area (Å²) in [4.78, 5) is 11.6. The average molecular weight is 335 g/mol. The first-order valence-corrected chi connectivity index (χ1v) is 7.43. The summed E-state index contributed by atoms with van der Waals surface area (Å²) in [6.45, 7) is -0.996. The number of rotatable bonds is 5. The topological polar surface area (TPSA) is 56.2 Å². The van der Waals surface area contributed by atoms with E-state index in [2.05, 4.69) is 15.2 Å². The van der Waals surface area contributed by atoms with E-state index in [1.54, 1.807) is 7.05 Å². The highest BCUT2D eigenvalue weighted by Crippen LogP contribution is 2.53. The number of anilines is 1. The van der Waals surface area contributed by atoms with E-state index in [-0.39, 0.29) is 24.7 Å². The molecular weight excluding hydrogens is 318 g/mol. The molecule has 1 N–H and O–H groups in total. The van der Waals surface area contributed by atoms with Crippen LogP contribution in [-0.4, -0.2) is 34.8 Å². The van der Waals surface area contributed by atoms with Gasteiger partial charge in [0.15, 0.2) is 6.61 Å². The number of nitrogens with one attached hydrogen (secondary N) is 1. The molecule has 3 rings (SSSR count). The van der Waals surface area contributed by atoms with E-state index >= 15 is 0 Å². The molecule has 0 aliphatic heterocycles. The van der Waals surface area contributed by atoms with Gasteiger partial charge in [-0.25, -0.2) is 22.4 Å². The smallest absolute Gasteiger partial charge is 0.413 e. The van der Waals surface area contributed by atoms with Gasteiger partial charge in [0, 0.05) is 31.4 Å². The Hall–Kier alpha value is -1.80. The largest absolute Gasteiger partial charge is 0.443 e. The third kappa shape index (κ3) is 3.42. The number of hydrogen-bond acceptors (Lipinski definition) is 3. The van der Waals surface area contributed by atoms with Crippen molar-refractivity contribution in [1.29, 1.82) is 0 Å². The van der Waals surface area contributed by atoms with Crippen molar-refractivity contribution in [3.8, 4) is 0 Å². The van der Waals surface area contributed by atoms with Crippen LogP contribution >= 0.6 is 0 Å². The zero-order chi connectivity index (χ0) is 16.8. The Balaban J connectivity index is 1.77. The Bertz CT molecular complexity index is 605. The van der Waals surface area contributed by atoms with Gasteiger partial charge in [0.2, 0.25) is 5.92 Å². The van der Waals surface area contributed by atoms with E-state index in [9.17, 15) is 22.4 Å². The number of aromatic nitrogens is 2. The zero-order valence-electron chi connectivity index (χ0n) is 12.5. The zero-order valence-corrected chi connectivity index (χ0v) is 12.5. The number of nitrogens with zero attached hydrogens (tertiary/aromatic N) is 2. The van der Waals surface area contributed by atoms with Crippen molar-refractivity contribution in [2.75, 3.05) is 11.9 Å². The highest BCUT2D eigenvalue weighted by molar-refractivity contribution is 5.85. The molecule has 0 radical (unpaired) electrons. The van der Waals surface area contributed by atoms with Crippen molar-refractivity contribution < 1.29 is 27.1 Å². The van der Waals surface area contributed by atoms with Crippen LogP contribution in [0, 0.1) is 0 Å². The summed E-state index contributed by atoms with van der Waals surface area (Å²) in [5.41, 5.74) is 1.31. The molecule has 1 aromatic rings. The molecule has 1 aromatic heterocycles. The molecule has 0 atom stereocenters. The van der Waals surface area contributed by atoms with Crippen molar-refractivity contribution in [2.45, 2.75) is 49.9 Å². The molecule has 2 aliphatic rings. The van der Waals surface area contributed by atoms with Gasteiger partial charge in [0.25, 0.3) is 6.43 Å². The van der Waals surface area contributed by atoms with Crippen LogP contribution < -0.4 is 5.32 Å². The molecule has 2 aliphatic carbocycles. The molecule has 128 valence electrons. The summed E-state index contributed by atoms with van der Waals surface area (Å²) in [5.74, 6) is -2.48. The first-order chi connectivity index (χ1) is 10.8. The van der Waals surface area contributed by atoms with Crippen LogP contribution in [0.2, 0.25) is 0 Å². The number of amides is 1. The maximum Gasteiger partial charge on any atom is 0.413 e. The Kier molecular flexibility index (Phi) is 3.97. The lowest BCUT2D eigenvalue weighted by molar-refractivity contribution is -0.0878. The molecule has 9 heteroatoms. The standard InChI is InChI=1S/C14H17F4N3O2/c1-21-12(19-13(22)23-6-9(15)16)10(7-2-3-7)11(20-21)8-4-14(17,18)5-8/h7-9H,2-6H2,1H3,(H,19,22). The normalized spacial score (nSPS) is 20.4. The van der Waals surface area contributed by atoms with Gasteiger partial charge >= 0.3 is 6.09 Å².